The summed E-state index contributed by atoms with van der Waals surface area (Å²) in [5.41, 5.74) is 5.77. The summed E-state index contributed by atoms with van der Waals surface area (Å²) in [6.07, 6.45) is 2.06. The van der Waals surface area contributed by atoms with Crippen LogP contribution in [0, 0.1) is 5.82 Å². The van der Waals surface area contributed by atoms with Crippen molar-refractivity contribution in [2.45, 2.75) is 6.42 Å². The van der Waals surface area contributed by atoms with Gasteiger partial charge in [-0.15, -0.1) is 0 Å². The molecule has 16 heavy (non-hydrogen) atoms. The van der Waals surface area contributed by atoms with Gasteiger partial charge >= 0.3 is 0 Å². The number of nitrogens with zero attached hydrogens (tertiary/aromatic N) is 1. The number of hydrogen-bond acceptors (Lipinski definition) is 3. The average molecular weight is 285 g/mol. The van der Waals surface area contributed by atoms with Crippen LogP contribution < -0.4 is 5.73 Å². The minimum absolute atomic E-state index is 0.349. The number of nitrogens with two attached hydrogens (primary N) is 1. The number of halogens is 2. The zero-order chi connectivity index (χ0) is 11.5. The zero-order valence-corrected chi connectivity index (χ0v) is 10.00. The number of aromatic nitrogens is 1. The van der Waals surface area contributed by atoms with Crippen molar-refractivity contribution in [2.75, 3.05) is 6.54 Å². The smallest absolute Gasteiger partial charge is 0.196 e. The minimum Gasteiger partial charge on any atom is -0.441 e. The van der Waals surface area contributed by atoms with Crippen LogP contribution in [0.1, 0.15) is 5.89 Å². The third-order valence-corrected chi connectivity index (χ3v) is 2.74. The van der Waals surface area contributed by atoms with Gasteiger partial charge in [0.15, 0.2) is 11.7 Å². The summed E-state index contributed by atoms with van der Waals surface area (Å²) in [4.78, 5) is 4.02. The Balaban J connectivity index is 2.39. The maximum absolute atomic E-state index is 13.7. The van der Waals surface area contributed by atoms with Gasteiger partial charge in [0.25, 0.3) is 0 Å². The van der Waals surface area contributed by atoms with Crippen molar-refractivity contribution in [3.05, 3.63) is 40.6 Å². The molecule has 5 heteroatoms. The van der Waals surface area contributed by atoms with E-state index in [0.29, 0.717) is 34.7 Å². The largest absolute Gasteiger partial charge is 0.441 e. The first-order valence-electron chi connectivity index (χ1n) is 4.81. The Labute approximate surface area is 101 Å². The maximum atomic E-state index is 13.7. The van der Waals surface area contributed by atoms with Crippen LogP contribution in [0.4, 0.5) is 4.39 Å². The predicted molar refractivity (Wildman–Crippen MR) is 62.4 cm³/mol. The van der Waals surface area contributed by atoms with Gasteiger partial charge in [-0.05, 0) is 28.1 Å². The summed E-state index contributed by atoms with van der Waals surface area (Å²) in [5.74, 6) is 0.595. The van der Waals surface area contributed by atoms with Gasteiger partial charge in [-0.1, -0.05) is 6.07 Å². The first-order chi connectivity index (χ1) is 7.72. The third kappa shape index (κ3) is 2.15. The van der Waals surface area contributed by atoms with Crippen molar-refractivity contribution in [2.24, 2.45) is 5.73 Å². The van der Waals surface area contributed by atoms with E-state index in [1.165, 1.54) is 6.20 Å². The summed E-state index contributed by atoms with van der Waals surface area (Å²) >= 11 is 3.12. The fourth-order valence-corrected chi connectivity index (χ4v) is 1.73. The van der Waals surface area contributed by atoms with Crippen LogP contribution in [-0.4, -0.2) is 11.5 Å². The predicted octanol–water partition coefficient (Wildman–Crippen LogP) is 2.74. The molecule has 0 aliphatic heterocycles. The average Bonchev–Trinajstić information content (AvgIpc) is 2.71. The molecule has 0 aliphatic rings. The van der Waals surface area contributed by atoms with Crippen LogP contribution in [0.2, 0.25) is 0 Å². The lowest BCUT2D eigenvalue weighted by atomic mass is 10.2. The second-order valence-electron chi connectivity index (χ2n) is 3.26. The lowest BCUT2D eigenvalue weighted by Crippen LogP contribution is -2.02. The highest BCUT2D eigenvalue weighted by atomic mass is 79.9. The SMILES string of the molecule is NCCc1ncc(-c2cccc(Br)c2F)o1. The standard InChI is InChI=1S/C11H10BrFN2O/c12-8-3-1-2-7(11(8)13)9-6-15-10(16-9)4-5-14/h1-3,6H,4-5,14H2. The van der Waals surface area contributed by atoms with Crippen molar-refractivity contribution in [3.8, 4) is 11.3 Å². The summed E-state index contributed by atoms with van der Waals surface area (Å²) < 4.78 is 19.5. The van der Waals surface area contributed by atoms with Crippen molar-refractivity contribution >= 4 is 15.9 Å². The Morgan fingerprint density at radius 1 is 1.44 bits per heavy atom. The molecule has 0 bridgehead atoms. The first kappa shape index (κ1) is 11.3. The number of rotatable bonds is 3. The highest BCUT2D eigenvalue weighted by molar-refractivity contribution is 9.10. The second-order valence-corrected chi connectivity index (χ2v) is 4.11. The molecular formula is C11H10BrFN2O. The van der Waals surface area contributed by atoms with Crippen molar-refractivity contribution in [1.82, 2.24) is 4.98 Å². The molecule has 0 unspecified atom stereocenters. The Kier molecular flexibility index (Phi) is 3.36. The summed E-state index contributed by atoms with van der Waals surface area (Å²) in [5, 5.41) is 0. The molecule has 0 fully saturated rings. The van der Waals surface area contributed by atoms with Crippen LogP contribution in [-0.2, 0) is 6.42 Å². The van der Waals surface area contributed by atoms with Crippen molar-refractivity contribution < 1.29 is 8.81 Å². The topological polar surface area (TPSA) is 52.0 Å². The first-order valence-corrected chi connectivity index (χ1v) is 5.61. The van der Waals surface area contributed by atoms with Gasteiger partial charge in [0.2, 0.25) is 0 Å². The van der Waals surface area contributed by atoms with E-state index in [1.54, 1.807) is 18.2 Å². The van der Waals surface area contributed by atoms with Crippen molar-refractivity contribution in [3.63, 3.8) is 0 Å². The molecule has 0 spiro atoms. The van der Waals surface area contributed by atoms with E-state index < -0.39 is 0 Å². The monoisotopic (exact) mass is 284 g/mol. The van der Waals surface area contributed by atoms with Crippen LogP contribution in [0.3, 0.4) is 0 Å². The normalized spacial score (nSPS) is 10.7. The lowest BCUT2D eigenvalue weighted by molar-refractivity contribution is 0.503. The molecule has 2 aromatic rings. The Morgan fingerprint density at radius 3 is 3.00 bits per heavy atom. The maximum Gasteiger partial charge on any atom is 0.196 e. The molecule has 2 rings (SSSR count). The van der Waals surface area contributed by atoms with E-state index in [-0.39, 0.29) is 5.82 Å². The van der Waals surface area contributed by atoms with E-state index in [2.05, 4.69) is 20.9 Å². The van der Waals surface area contributed by atoms with E-state index in [0.717, 1.165) is 0 Å². The van der Waals surface area contributed by atoms with E-state index >= 15 is 0 Å². The Morgan fingerprint density at radius 2 is 2.25 bits per heavy atom. The van der Waals surface area contributed by atoms with Gasteiger partial charge in [-0.2, -0.15) is 0 Å². The molecule has 1 aromatic heterocycles. The quantitative estimate of drug-likeness (QED) is 0.943. The van der Waals surface area contributed by atoms with E-state index in [1.807, 2.05) is 0 Å². The molecular weight excluding hydrogens is 275 g/mol. The van der Waals surface area contributed by atoms with Crippen LogP contribution >= 0.6 is 15.9 Å². The van der Waals surface area contributed by atoms with Gasteiger partial charge in [-0.3, -0.25) is 0 Å². The Bertz CT molecular complexity index is 498. The summed E-state index contributed by atoms with van der Waals surface area (Å²) in [6.45, 7) is 0.459. The van der Waals surface area contributed by atoms with Gasteiger partial charge in [-0.25, -0.2) is 9.37 Å². The molecule has 3 nitrogen and oxygen atoms in total. The fourth-order valence-electron chi connectivity index (χ4n) is 1.37. The highest BCUT2D eigenvalue weighted by Crippen LogP contribution is 2.28. The molecule has 0 saturated carbocycles. The number of oxazole rings is 1. The number of hydrogen-bond donors (Lipinski definition) is 1. The molecule has 1 heterocycles. The van der Waals surface area contributed by atoms with E-state index in [9.17, 15) is 4.39 Å². The molecule has 84 valence electrons. The van der Waals surface area contributed by atoms with Crippen LogP contribution in [0.25, 0.3) is 11.3 Å². The van der Waals surface area contributed by atoms with Gasteiger partial charge < -0.3 is 10.2 Å². The fraction of sp³-hybridized carbons (Fsp3) is 0.182. The van der Waals surface area contributed by atoms with Crippen LogP contribution in [0.15, 0.2) is 33.3 Å². The molecule has 0 radical (unpaired) electrons. The molecule has 2 N–H and O–H groups in total. The third-order valence-electron chi connectivity index (χ3n) is 2.13. The van der Waals surface area contributed by atoms with Gasteiger partial charge in [0.1, 0.15) is 5.82 Å². The van der Waals surface area contributed by atoms with Gasteiger partial charge in [0, 0.05) is 13.0 Å². The second kappa shape index (κ2) is 4.76. The zero-order valence-electron chi connectivity index (χ0n) is 8.41. The Hall–Kier alpha value is -1.20. The molecule has 0 saturated heterocycles. The molecule has 1 aromatic carbocycles. The molecule has 0 aliphatic carbocycles. The molecule has 0 amide bonds. The van der Waals surface area contributed by atoms with Gasteiger partial charge in [0.05, 0.1) is 16.2 Å². The van der Waals surface area contributed by atoms with E-state index in [4.69, 9.17) is 10.2 Å². The molecule has 0 atom stereocenters. The highest BCUT2D eigenvalue weighted by Gasteiger charge is 2.12. The van der Waals surface area contributed by atoms with Crippen LogP contribution in [0.5, 0.6) is 0 Å². The number of benzene rings is 1. The van der Waals surface area contributed by atoms with Crippen molar-refractivity contribution in [1.29, 1.82) is 0 Å². The lowest BCUT2D eigenvalue weighted by Gasteiger charge is -2.00. The summed E-state index contributed by atoms with van der Waals surface area (Å²) in [6, 6.07) is 5.02. The minimum atomic E-state index is -0.349. The summed E-state index contributed by atoms with van der Waals surface area (Å²) in [7, 11) is 0.